The molecule has 0 amide bonds. The lowest BCUT2D eigenvalue weighted by atomic mass is 9.63. The third-order valence-electron chi connectivity index (χ3n) is 7.22. The first-order valence-corrected chi connectivity index (χ1v) is 11.6. The summed E-state index contributed by atoms with van der Waals surface area (Å²) in [5.41, 5.74) is 3.45. The summed E-state index contributed by atoms with van der Waals surface area (Å²) in [7, 11) is 3.24. The van der Waals surface area contributed by atoms with Crippen LogP contribution in [0.3, 0.4) is 0 Å². The summed E-state index contributed by atoms with van der Waals surface area (Å²) in [4.78, 5) is 12.7. The number of carboxylic acids is 1. The predicted octanol–water partition coefficient (Wildman–Crippen LogP) is 4.38. The normalized spacial score (nSPS) is 21.0. The number of nitrogens with zero attached hydrogens (tertiary/aromatic N) is 2. The number of fused-ring (bicyclic) bond motifs is 2. The lowest BCUT2D eigenvalue weighted by Gasteiger charge is -2.42. The lowest BCUT2D eigenvalue weighted by Crippen LogP contribution is -2.47. The molecule has 1 heterocycles. The zero-order valence-electron chi connectivity index (χ0n) is 19.8. The molecule has 2 aliphatic carbocycles. The van der Waals surface area contributed by atoms with E-state index >= 15 is 0 Å². The molecule has 0 radical (unpaired) electrons. The molecule has 2 N–H and O–H groups in total. The number of halogens is 1. The van der Waals surface area contributed by atoms with Gasteiger partial charge in [-0.15, -0.1) is 0 Å². The third-order valence-corrected chi connectivity index (χ3v) is 7.22. The van der Waals surface area contributed by atoms with Crippen molar-refractivity contribution in [1.82, 2.24) is 15.1 Å². The highest BCUT2D eigenvalue weighted by atomic mass is 19.1. The number of nitrogens with one attached hydrogen (secondary N) is 1. The van der Waals surface area contributed by atoms with Crippen molar-refractivity contribution in [3.05, 3.63) is 76.9 Å². The van der Waals surface area contributed by atoms with Crippen LogP contribution in [0.15, 0.2) is 54.2 Å². The summed E-state index contributed by atoms with van der Waals surface area (Å²) in [5.74, 6) is 0.340. The molecule has 7 nitrogen and oxygen atoms in total. The zero-order valence-corrected chi connectivity index (χ0v) is 19.8. The number of hydrogen-bond acceptors (Lipinski definition) is 5. The second-order valence-corrected chi connectivity index (χ2v) is 9.18. The largest absolute Gasteiger partial charge is 0.497 e. The standard InChI is InChI=1S/C27H28FN3O4/c1-34-23-10-3-17(25(12-23)35-2)15-29-21-7-4-19-11-24-18(13-27(19,14-21)26(32)33)16-30-31(24)22-8-5-20(28)6-9-22/h3,5-6,8-12,16,21,29H,4,7,13-15H2,1-2H3,(H,32,33)/t21-,27-/m0/s1. The second kappa shape index (κ2) is 9.19. The number of carboxylic acid groups (broad SMARTS) is 1. The maximum absolute atomic E-state index is 13.4. The minimum atomic E-state index is -0.969. The first kappa shape index (κ1) is 23.1. The molecule has 0 spiro atoms. The molecule has 2 atom stereocenters. The van der Waals surface area contributed by atoms with E-state index in [0.717, 1.165) is 46.0 Å². The molecule has 0 saturated heterocycles. The van der Waals surface area contributed by atoms with Crippen molar-refractivity contribution in [1.29, 1.82) is 0 Å². The van der Waals surface area contributed by atoms with Gasteiger partial charge in [0, 0.05) is 24.2 Å². The average molecular weight is 478 g/mol. The minimum Gasteiger partial charge on any atom is -0.497 e. The number of carbonyl (C=O) groups is 1. The van der Waals surface area contributed by atoms with Gasteiger partial charge in [-0.1, -0.05) is 11.6 Å². The van der Waals surface area contributed by atoms with E-state index in [1.807, 2.05) is 24.3 Å². The van der Waals surface area contributed by atoms with E-state index in [1.165, 1.54) is 12.1 Å². The van der Waals surface area contributed by atoms with Crippen LogP contribution in [-0.2, 0) is 17.8 Å². The summed E-state index contributed by atoms with van der Waals surface area (Å²) in [6.07, 6.45) is 6.10. The van der Waals surface area contributed by atoms with Gasteiger partial charge in [-0.2, -0.15) is 5.10 Å². The Bertz CT molecular complexity index is 1280. The number of rotatable bonds is 7. The van der Waals surface area contributed by atoms with Crippen molar-refractivity contribution in [2.24, 2.45) is 5.41 Å². The molecule has 5 rings (SSSR count). The maximum Gasteiger partial charge on any atom is 0.314 e. The fraction of sp³-hybridized carbons (Fsp3) is 0.333. The topological polar surface area (TPSA) is 85.6 Å². The molecule has 1 aromatic heterocycles. The first-order valence-electron chi connectivity index (χ1n) is 11.6. The Kier molecular flexibility index (Phi) is 6.06. The van der Waals surface area contributed by atoms with E-state index in [9.17, 15) is 14.3 Å². The monoisotopic (exact) mass is 477 g/mol. The fourth-order valence-electron chi connectivity index (χ4n) is 5.31. The SMILES string of the molecule is COc1ccc(CN[C@H]2CCC3=Cc4c(cnn4-c4ccc(F)cc4)C[C@]3(C(=O)O)C2)c(OC)c1. The Morgan fingerprint density at radius 2 is 2.03 bits per heavy atom. The highest BCUT2D eigenvalue weighted by Gasteiger charge is 2.49. The summed E-state index contributed by atoms with van der Waals surface area (Å²) in [6, 6.07) is 11.9. The van der Waals surface area contributed by atoms with E-state index in [4.69, 9.17) is 9.47 Å². The first-order chi connectivity index (χ1) is 16.9. The molecule has 0 bridgehead atoms. The van der Waals surface area contributed by atoms with Crippen LogP contribution in [-0.4, -0.2) is 41.1 Å². The second-order valence-electron chi connectivity index (χ2n) is 9.18. The van der Waals surface area contributed by atoms with E-state index < -0.39 is 11.4 Å². The molecule has 2 aromatic carbocycles. The van der Waals surface area contributed by atoms with Crippen LogP contribution < -0.4 is 14.8 Å². The van der Waals surface area contributed by atoms with Crippen LogP contribution in [0.4, 0.5) is 4.39 Å². The van der Waals surface area contributed by atoms with Gasteiger partial charge in [-0.3, -0.25) is 4.79 Å². The molecule has 2 aliphatic rings. The molecule has 1 saturated carbocycles. The molecule has 8 heteroatoms. The molecule has 1 fully saturated rings. The smallest absolute Gasteiger partial charge is 0.314 e. The molecular formula is C27H28FN3O4. The minimum absolute atomic E-state index is 0.0451. The highest BCUT2D eigenvalue weighted by molar-refractivity contribution is 5.84. The van der Waals surface area contributed by atoms with Gasteiger partial charge in [-0.05, 0) is 67.7 Å². The van der Waals surface area contributed by atoms with Crippen molar-refractivity contribution in [2.45, 2.75) is 38.3 Å². The highest BCUT2D eigenvalue weighted by Crippen LogP contribution is 2.48. The molecule has 0 aliphatic heterocycles. The predicted molar refractivity (Wildman–Crippen MR) is 129 cm³/mol. The van der Waals surface area contributed by atoms with Crippen molar-refractivity contribution < 1.29 is 23.8 Å². The maximum atomic E-state index is 13.4. The average Bonchev–Trinajstić information content (AvgIpc) is 3.28. The zero-order chi connectivity index (χ0) is 24.6. The van der Waals surface area contributed by atoms with E-state index in [1.54, 1.807) is 37.2 Å². The van der Waals surface area contributed by atoms with Crippen molar-refractivity contribution in [2.75, 3.05) is 14.2 Å². The van der Waals surface area contributed by atoms with Gasteiger partial charge < -0.3 is 19.9 Å². The summed E-state index contributed by atoms with van der Waals surface area (Å²) < 4.78 is 25.9. The molecule has 0 unspecified atom stereocenters. The van der Waals surface area contributed by atoms with E-state index in [2.05, 4.69) is 10.4 Å². The van der Waals surface area contributed by atoms with Crippen LogP contribution in [0.25, 0.3) is 11.8 Å². The number of benzene rings is 2. The van der Waals surface area contributed by atoms with Crippen LogP contribution in [0.5, 0.6) is 11.5 Å². The summed E-state index contributed by atoms with van der Waals surface area (Å²) in [5, 5.41) is 18.4. The number of aliphatic carboxylic acids is 1. The molecule has 3 aromatic rings. The Hall–Kier alpha value is -3.65. The summed E-state index contributed by atoms with van der Waals surface area (Å²) in [6.45, 7) is 0.570. The molecule has 182 valence electrons. The third kappa shape index (κ3) is 4.18. The lowest BCUT2D eigenvalue weighted by molar-refractivity contribution is -0.148. The van der Waals surface area contributed by atoms with Gasteiger partial charge in [0.25, 0.3) is 0 Å². The summed E-state index contributed by atoms with van der Waals surface area (Å²) >= 11 is 0. The quantitative estimate of drug-likeness (QED) is 0.525. The van der Waals surface area contributed by atoms with Crippen LogP contribution in [0, 0.1) is 11.2 Å². The van der Waals surface area contributed by atoms with E-state index in [-0.39, 0.29) is 11.9 Å². The van der Waals surface area contributed by atoms with Gasteiger partial charge in [0.05, 0.1) is 37.2 Å². The Morgan fingerprint density at radius 1 is 1.23 bits per heavy atom. The molecule has 35 heavy (non-hydrogen) atoms. The van der Waals surface area contributed by atoms with Gasteiger partial charge in [-0.25, -0.2) is 9.07 Å². The Labute approximate surface area is 203 Å². The van der Waals surface area contributed by atoms with Crippen molar-refractivity contribution >= 4 is 12.0 Å². The van der Waals surface area contributed by atoms with E-state index in [0.29, 0.717) is 25.8 Å². The molecular weight excluding hydrogens is 449 g/mol. The van der Waals surface area contributed by atoms with Gasteiger partial charge in [0.1, 0.15) is 17.3 Å². The van der Waals surface area contributed by atoms with Crippen LogP contribution in [0.1, 0.15) is 36.1 Å². The van der Waals surface area contributed by atoms with Crippen molar-refractivity contribution in [3.8, 4) is 17.2 Å². The van der Waals surface area contributed by atoms with Crippen molar-refractivity contribution in [3.63, 3.8) is 0 Å². The van der Waals surface area contributed by atoms with Gasteiger partial charge in [0.15, 0.2) is 0 Å². The Morgan fingerprint density at radius 3 is 2.74 bits per heavy atom. The van der Waals surface area contributed by atoms with Crippen LogP contribution in [0.2, 0.25) is 0 Å². The van der Waals surface area contributed by atoms with Gasteiger partial charge in [0.2, 0.25) is 0 Å². The number of methoxy groups -OCH3 is 2. The van der Waals surface area contributed by atoms with Crippen LogP contribution >= 0.6 is 0 Å². The Balaban J connectivity index is 1.37. The van der Waals surface area contributed by atoms with Gasteiger partial charge >= 0.3 is 5.97 Å². The number of aromatic nitrogens is 2. The number of ether oxygens (including phenoxy) is 2. The fourth-order valence-corrected chi connectivity index (χ4v) is 5.31. The number of hydrogen-bond donors (Lipinski definition) is 2.